The van der Waals surface area contributed by atoms with E-state index in [-0.39, 0.29) is 11.7 Å². The zero-order valence-corrected chi connectivity index (χ0v) is 11.4. The maximum absolute atomic E-state index is 12.2. The molecule has 0 fully saturated rings. The molecule has 0 radical (unpaired) electrons. The first-order chi connectivity index (χ1) is 9.65. The highest BCUT2D eigenvalue weighted by atomic mass is 16.3. The summed E-state index contributed by atoms with van der Waals surface area (Å²) in [6.07, 6.45) is 3.39. The fourth-order valence-corrected chi connectivity index (χ4v) is 2.69. The lowest BCUT2D eigenvalue weighted by Crippen LogP contribution is -2.12. The Morgan fingerprint density at radius 2 is 1.95 bits per heavy atom. The molecule has 0 saturated carbocycles. The number of aromatic hydroxyl groups is 1. The second-order valence-corrected chi connectivity index (χ2v) is 5.26. The van der Waals surface area contributed by atoms with Gasteiger partial charge in [-0.3, -0.25) is 4.79 Å². The van der Waals surface area contributed by atoms with Crippen molar-refractivity contribution in [2.24, 2.45) is 0 Å². The number of hydrogen-bond donors (Lipinski definition) is 2. The molecule has 2 N–H and O–H groups in total. The Bertz CT molecular complexity index is 677. The number of carbonyl (C=O) groups excluding carboxylic acids is 1. The number of amides is 1. The first-order valence-electron chi connectivity index (χ1n) is 6.87. The molecule has 0 saturated heterocycles. The minimum Gasteiger partial charge on any atom is -0.507 e. The highest BCUT2D eigenvalue weighted by Gasteiger charge is 2.15. The molecule has 0 bridgehead atoms. The molecular weight excluding hydrogens is 250 g/mol. The Hall–Kier alpha value is -2.29. The van der Waals surface area contributed by atoms with E-state index in [1.807, 2.05) is 12.1 Å². The minimum atomic E-state index is -0.274. The molecule has 0 atom stereocenters. The molecule has 0 spiro atoms. The number of carbonyl (C=O) groups is 1. The van der Waals surface area contributed by atoms with Gasteiger partial charge in [0.2, 0.25) is 0 Å². The van der Waals surface area contributed by atoms with Crippen molar-refractivity contribution in [2.45, 2.75) is 26.2 Å². The van der Waals surface area contributed by atoms with Gasteiger partial charge in [0.05, 0.1) is 5.56 Å². The first-order valence-corrected chi connectivity index (χ1v) is 6.87. The molecule has 3 rings (SSSR count). The van der Waals surface area contributed by atoms with E-state index in [2.05, 4.69) is 11.4 Å². The molecule has 1 aliphatic rings. The second-order valence-electron chi connectivity index (χ2n) is 5.26. The van der Waals surface area contributed by atoms with Gasteiger partial charge in [-0.25, -0.2) is 0 Å². The van der Waals surface area contributed by atoms with Gasteiger partial charge in [0.25, 0.3) is 5.91 Å². The zero-order valence-electron chi connectivity index (χ0n) is 11.4. The predicted molar refractivity (Wildman–Crippen MR) is 79.3 cm³/mol. The van der Waals surface area contributed by atoms with Crippen LogP contribution < -0.4 is 5.32 Å². The summed E-state index contributed by atoms with van der Waals surface area (Å²) in [6.45, 7) is 1.78. The third-order valence-electron chi connectivity index (χ3n) is 3.84. The Morgan fingerprint density at radius 1 is 1.15 bits per heavy atom. The third-order valence-corrected chi connectivity index (χ3v) is 3.84. The molecule has 2 aromatic rings. The van der Waals surface area contributed by atoms with Crippen molar-refractivity contribution >= 4 is 11.6 Å². The molecule has 3 nitrogen and oxygen atoms in total. The Labute approximate surface area is 118 Å². The van der Waals surface area contributed by atoms with Crippen LogP contribution in [-0.4, -0.2) is 11.0 Å². The number of hydrogen-bond acceptors (Lipinski definition) is 2. The molecule has 20 heavy (non-hydrogen) atoms. The van der Waals surface area contributed by atoms with Crippen LogP contribution in [0.3, 0.4) is 0 Å². The van der Waals surface area contributed by atoms with Gasteiger partial charge in [-0.2, -0.15) is 0 Å². The van der Waals surface area contributed by atoms with Crippen molar-refractivity contribution in [3.05, 3.63) is 58.7 Å². The van der Waals surface area contributed by atoms with E-state index in [0.717, 1.165) is 18.5 Å². The van der Waals surface area contributed by atoms with Crippen molar-refractivity contribution in [1.82, 2.24) is 0 Å². The largest absolute Gasteiger partial charge is 0.507 e. The van der Waals surface area contributed by atoms with Crippen LogP contribution in [0.25, 0.3) is 0 Å². The van der Waals surface area contributed by atoms with Crippen LogP contribution in [0, 0.1) is 6.92 Å². The summed E-state index contributed by atoms with van der Waals surface area (Å²) in [4.78, 5) is 12.2. The number of rotatable bonds is 2. The lowest BCUT2D eigenvalue weighted by atomic mass is 10.1. The molecule has 2 aromatic carbocycles. The lowest BCUT2D eigenvalue weighted by molar-refractivity contribution is 0.102. The number of para-hydroxylation sites is 1. The molecule has 1 aliphatic carbocycles. The van der Waals surface area contributed by atoms with Crippen LogP contribution in [0.1, 0.15) is 33.5 Å². The van der Waals surface area contributed by atoms with Gasteiger partial charge >= 0.3 is 0 Å². The number of benzene rings is 2. The van der Waals surface area contributed by atoms with Crippen molar-refractivity contribution in [3.63, 3.8) is 0 Å². The number of aryl methyl sites for hydroxylation is 3. The van der Waals surface area contributed by atoms with Crippen LogP contribution >= 0.6 is 0 Å². The second kappa shape index (κ2) is 5.00. The van der Waals surface area contributed by atoms with Gasteiger partial charge in [0, 0.05) is 5.69 Å². The smallest absolute Gasteiger partial charge is 0.259 e. The van der Waals surface area contributed by atoms with E-state index < -0.39 is 0 Å². The average molecular weight is 267 g/mol. The van der Waals surface area contributed by atoms with Crippen LogP contribution in [0.2, 0.25) is 0 Å². The summed E-state index contributed by atoms with van der Waals surface area (Å²) < 4.78 is 0. The maximum Gasteiger partial charge on any atom is 0.259 e. The normalized spacial score (nSPS) is 13.1. The van der Waals surface area contributed by atoms with E-state index in [0.29, 0.717) is 11.1 Å². The Kier molecular flexibility index (Phi) is 3.18. The summed E-state index contributed by atoms with van der Waals surface area (Å²) in [6, 6.07) is 11.2. The molecule has 3 heteroatoms. The summed E-state index contributed by atoms with van der Waals surface area (Å²) >= 11 is 0. The number of phenols is 1. The molecule has 0 aromatic heterocycles. The lowest BCUT2D eigenvalue weighted by Gasteiger charge is -2.09. The van der Waals surface area contributed by atoms with E-state index in [9.17, 15) is 9.90 Å². The number of fused-ring (bicyclic) bond motifs is 1. The molecule has 0 aliphatic heterocycles. The monoisotopic (exact) mass is 267 g/mol. The average Bonchev–Trinajstić information content (AvgIpc) is 2.89. The molecule has 0 unspecified atom stereocenters. The third kappa shape index (κ3) is 2.27. The van der Waals surface area contributed by atoms with E-state index in [4.69, 9.17) is 0 Å². The quantitative estimate of drug-likeness (QED) is 0.875. The number of anilines is 1. The van der Waals surface area contributed by atoms with Gasteiger partial charge in [-0.1, -0.05) is 18.2 Å². The molecule has 102 valence electrons. The number of phenolic OH excluding ortho intramolecular Hbond substituents is 1. The zero-order chi connectivity index (χ0) is 14.1. The van der Waals surface area contributed by atoms with E-state index in [1.165, 1.54) is 17.5 Å². The van der Waals surface area contributed by atoms with Crippen molar-refractivity contribution in [2.75, 3.05) is 5.32 Å². The van der Waals surface area contributed by atoms with Gasteiger partial charge in [0.1, 0.15) is 5.75 Å². The minimum absolute atomic E-state index is 0.0474. The fraction of sp³-hybridized carbons (Fsp3) is 0.235. The highest BCUT2D eigenvalue weighted by Crippen LogP contribution is 2.26. The van der Waals surface area contributed by atoms with Crippen LogP contribution in [0.4, 0.5) is 5.69 Å². The Morgan fingerprint density at radius 3 is 2.80 bits per heavy atom. The van der Waals surface area contributed by atoms with E-state index in [1.54, 1.807) is 25.1 Å². The molecule has 0 heterocycles. The summed E-state index contributed by atoms with van der Waals surface area (Å²) in [5.74, 6) is -0.227. The molecule has 1 amide bonds. The van der Waals surface area contributed by atoms with Gasteiger partial charge in [-0.05, 0) is 61.1 Å². The van der Waals surface area contributed by atoms with Crippen molar-refractivity contribution < 1.29 is 9.90 Å². The summed E-state index contributed by atoms with van der Waals surface area (Å²) in [5, 5.41) is 12.8. The highest BCUT2D eigenvalue weighted by molar-refractivity contribution is 6.06. The van der Waals surface area contributed by atoms with Crippen LogP contribution in [-0.2, 0) is 12.8 Å². The van der Waals surface area contributed by atoms with Gasteiger partial charge in [0.15, 0.2) is 0 Å². The summed E-state index contributed by atoms with van der Waals surface area (Å²) in [5.41, 5.74) is 4.49. The number of nitrogens with one attached hydrogen (secondary N) is 1. The summed E-state index contributed by atoms with van der Waals surface area (Å²) in [7, 11) is 0. The van der Waals surface area contributed by atoms with Gasteiger partial charge < -0.3 is 10.4 Å². The SMILES string of the molecule is Cc1cccc(C(=O)Nc2ccc3c(c2)CCC3)c1O. The fourth-order valence-electron chi connectivity index (χ4n) is 2.69. The molecular formula is C17H17NO2. The van der Waals surface area contributed by atoms with Crippen LogP contribution in [0.5, 0.6) is 5.75 Å². The van der Waals surface area contributed by atoms with Crippen LogP contribution in [0.15, 0.2) is 36.4 Å². The topological polar surface area (TPSA) is 49.3 Å². The van der Waals surface area contributed by atoms with Crippen molar-refractivity contribution in [1.29, 1.82) is 0 Å². The van der Waals surface area contributed by atoms with Gasteiger partial charge in [-0.15, -0.1) is 0 Å². The first kappa shape index (κ1) is 12.7. The standard InChI is InChI=1S/C17H17NO2/c1-11-4-2-7-15(16(11)19)17(20)18-14-9-8-12-5-3-6-13(12)10-14/h2,4,7-10,19H,3,5-6H2,1H3,(H,18,20). The van der Waals surface area contributed by atoms with E-state index >= 15 is 0 Å². The van der Waals surface area contributed by atoms with Crippen molar-refractivity contribution in [3.8, 4) is 5.75 Å². The Balaban J connectivity index is 1.84. The maximum atomic E-state index is 12.2. The predicted octanol–water partition coefficient (Wildman–Crippen LogP) is 3.44.